The molecule has 0 aliphatic heterocycles. The molecule has 1 heterocycles. The molecular weight excluding hydrogens is 216 g/mol. The molecule has 17 heavy (non-hydrogen) atoms. The summed E-state index contributed by atoms with van der Waals surface area (Å²) in [5, 5.41) is 10.1. The van der Waals surface area contributed by atoms with Crippen molar-refractivity contribution in [1.82, 2.24) is 9.47 Å². The molecule has 0 fully saturated rings. The van der Waals surface area contributed by atoms with Crippen molar-refractivity contribution in [2.24, 2.45) is 7.05 Å². The van der Waals surface area contributed by atoms with Gasteiger partial charge in [-0.2, -0.15) is 0 Å². The van der Waals surface area contributed by atoms with Gasteiger partial charge in [-0.25, -0.2) is 0 Å². The van der Waals surface area contributed by atoms with Crippen LogP contribution in [0.2, 0.25) is 0 Å². The fourth-order valence-electron chi connectivity index (χ4n) is 1.97. The number of rotatable bonds is 4. The van der Waals surface area contributed by atoms with Crippen molar-refractivity contribution >= 4 is 5.91 Å². The Morgan fingerprint density at radius 3 is 2.29 bits per heavy atom. The highest BCUT2D eigenvalue weighted by atomic mass is 16.3. The summed E-state index contributed by atoms with van der Waals surface area (Å²) in [7, 11) is 1.79. The van der Waals surface area contributed by atoms with Gasteiger partial charge in [-0.15, -0.1) is 0 Å². The van der Waals surface area contributed by atoms with Gasteiger partial charge in [0.2, 0.25) is 0 Å². The van der Waals surface area contributed by atoms with Gasteiger partial charge in [0.25, 0.3) is 5.91 Å². The quantitative estimate of drug-likeness (QED) is 0.875. The van der Waals surface area contributed by atoms with Crippen LogP contribution in [-0.4, -0.2) is 33.6 Å². The van der Waals surface area contributed by atoms with Gasteiger partial charge in [0, 0.05) is 31.9 Å². The third kappa shape index (κ3) is 2.46. The lowest BCUT2D eigenvalue weighted by Crippen LogP contribution is -2.31. The standard InChI is InChI=1S/C13H22N2O2/c1-6-15(7-2)13(17)11-12(16)10(9(3)4)8-14(11)5/h8-9,16H,6-7H2,1-5H3. The van der Waals surface area contributed by atoms with Crippen molar-refractivity contribution in [3.63, 3.8) is 0 Å². The number of aromatic hydroxyl groups is 1. The molecule has 1 aromatic rings. The van der Waals surface area contributed by atoms with Crippen molar-refractivity contribution in [3.8, 4) is 5.75 Å². The van der Waals surface area contributed by atoms with Gasteiger partial charge < -0.3 is 14.6 Å². The summed E-state index contributed by atoms with van der Waals surface area (Å²) in [5.41, 5.74) is 1.21. The molecule has 1 N–H and O–H groups in total. The largest absolute Gasteiger partial charge is 0.505 e. The molecular formula is C13H22N2O2. The van der Waals surface area contributed by atoms with E-state index in [0.717, 1.165) is 5.56 Å². The van der Waals surface area contributed by atoms with Crippen LogP contribution in [0.4, 0.5) is 0 Å². The summed E-state index contributed by atoms with van der Waals surface area (Å²) in [6.45, 7) is 9.17. The van der Waals surface area contributed by atoms with E-state index in [0.29, 0.717) is 18.8 Å². The normalized spacial score (nSPS) is 10.9. The summed E-state index contributed by atoms with van der Waals surface area (Å²) in [4.78, 5) is 13.9. The van der Waals surface area contributed by atoms with Crippen LogP contribution in [0.15, 0.2) is 6.20 Å². The maximum absolute atomic E-state index is 12.2. The molecule has 0 aromatic carbocycles. The second-order valence-corrected chi connectivity index (χ2v) is 4.52. The number of carbonyl (C=O) groups is 1. The van der Waals surface area contributed by atoms with E-state index in [1.54, 1.807) is 16.5 Å². The van der Waals surface area contributed by atoms with E-state index < -0.39 is 0 Å². The average molecular weight is 238 g/mol. The topological polar surface area (TPSA) is 45.5 Å². The first-order valence-electron chi connectivity index (χ1n) is 6.11. The number of aryl methyl sites for hydroxylation is 1. The van der Waals surface area contributed by atoms with E-state index in [1.165, 1.54) is 0 Å². The van der Waals surface area contributed by atoms with Gasteiger partial charge in [0.05, 0.1) is 0 Å². The van der Waals surface area contributed by atoms with Crippen molar-refractivity contribution in [1.29, 1.82) is 0 Å². The maximum Gasteiger partial charge on any atom is 0.274 e. The zero-order chi connectivity index (χ0) is 13.2. The first-order valence-corrected chi connectivity index (χ1v) is 6.11. The Morgan fingerprint density at radius 2 is 1.94 bits per heavy atom. The van der Waals surface area contributed by atoms with Gasteiger partial charge in [-0.1, -0.05) is 13.8 Å². The lowest BCUT2D eigenvalue weighted by Gasteiger charge is -2.19. The zero-order valence-electron chi connectivity index (χ0n) is 11.3. The molecule has 0 spiro atoms. The van der Waals surface area contributed by atoms with Gasteiger partial charge in [0.1, 0.15) is 11.4 Å². The van der Waals surface area contributed by atoms with Crippen LogP contribution in [0.1, 0.15) is 49.7 Å². The summed E-state index contributed by atoms with van der Waals surface area (Å²) >= 11 is 0. The van der Waals surface area contributed by atoms with Gasteiger partial charge in [-0.05, 0) is 19.8 Å². The molecule has 0 aliphatic rings. The van der Waals surface area contributed by atoms with Crippen LogP contribution in [0.3, 0.4) is 0 Å². The summed E-state index contributed by atoms with van der Waals surface area (Å²) in [6.07, 6.45) is 1.83. The fourth-order valence-corrected chi connectivity index (χ4v) is 1.97. The molecule has 96 valence electrons. The Labute approximate surface area is 103 Å². The third-order valence-corrected chi connectivity index (χ3v) is 3.06. The molecule has 0 unspecified atom stereocenters. The Hall–Kier alpha value is -1.45. The lowest BCUT2D eigenvalue weighted by molar-refractivity contribution is 0.0760. The predicted molar refractivity (Wildman–Crippen MR) is 68.4 cm³/mol. The zero-order valence-corrected chi connectivity index (χ0v) is 11.3. The average Bonchev–Trinajstić information content (AvgIpc) is 2.56. The Balaban J connectivity index is 3.18. The molecule has 0 atom stereocenters. The smallest absolute Gasteiger partial charge is 0.274 e. The van der Waals surface area contributed by atoms with Crippen LogP contribution < -0.4 is 0 Å². The lowest BCUT2D eigenvalue weighted by atomic mass is 10.1. The van der Waals surface area contributed by atoms with E-state index in [-0.39, 0.29) is 17.6 Å². The molecule has 0 saturated carbocycles. The molecule has 0 saturated heterocycles. The van der Waals surface area contributed by atoms with Crippen molar-refractivity contribution in [2.45, 2.75) is 33.6 Å². The van der Waals surface area contributed by atoms with E-state index in [2.05, 4.69) is 0 Å². The predicted octanol–water partition coefficient (Wildman–Crippen LogP) is 2.34. The molecule has 1 amide bonds. The molecule has 0 radical (unpaired) electrons. The minimum atomic E-state index is -0.109. The molecule has 0 bridgehead atoms. The number of carbonyl (C=O) groups excluding carboxylic acids is 1. The highest BCUT2D eigenvalue weighted by Crippen LogP contribution is 2.31. The van der Waals surface area contributed by atoms with E-state index in [4.69, 9.17) is 0 Å². The molecule has 4 nitrogen and oxygen atoms in total. The fraction of sp³-hybridized carbons (Fsp3) is 0.615. The number of hydrogen-bond donors (Lipinski definition) is 1. The first kappa shape index (κ1) is 13.6. The highest BCUT2D eigenvalue weighted by Gasteiger charge is 2.24. The van der Waals surface area contributed by atoms with Gasteiger partial charge >= 0.3 is 0 Å². The SMILES string of the molecule is CCN(CC)C(=O)c1c(O)c(C(C)C)cn1C. The van der Waals surface area contributed by atoms with Crippen LogP contribution in [-0.2, 0) is 7.05 Å². The third-order valence-electron chi connectivity index (χ3n) is 3.06. The Bertz CT molecular complexity index is 404. The molecule has 1 aromatic heterocycles. The van der Waals surface area contributed by atoms with Crippen molar-refractivity contribution in [2.75, 3.05) is 13.1 Å². The highest BCUT2D eigenvalue weighted by molar-refractivity contribution is 5.96. The molecule has 4 heteroatoms. The number of nitrogens with zero attached hydrogens (tertiary/aromatic N) is 2. The molecule has 0 aliphatic carbocycles. The van der Waals surface area contributed by atoms with Crippen molar-refractivity contribution in [3.05, 3.63) is 17.5 Å². The van der Waals surface area contributed by atoms with Crippen LogP contribution >= 0.6 is 0 Å². The Kier molecular flexibility index (Phi) is 4.21. The van der Waals surface area contributed by atoms with Crippen LogP contribution in [0, 0.1) is 0 Å². The number of amides is 1. The summed E-state index contributed by atoms with van der Waals surface area (Å²) < 4.78 is 1.71. The maximum atomic E-state index is 12.2. The van der Waals surface area contributed by atoms with Crippen LogP contribution in [0.5, 0.6) is 5.75 Å². The first-order chi connectivity index (χ1) is 7.93. The van der Waals surface area contributed by atoms with Gasteiger partial charge in [-0.3, -0.25) is 4.79 Å². The number of hydrogen-bond acceptors (Lipinski definition) is 2. The monoisotopic (exact) mass is 238 g/mol. The van der Waals surface area contributed by atoms with Crippen molar-refractivity contribution < 1.29 is 9.90 Å². The van der Waals surface area contributed by atoms with Gasteiger partial charge in [0.15, 0.2) is 0 Å². The van der Waals surface area contributed by atoms with E-state index in [9.17, 15) is 9.90 Å². The second kappa shape index (κ2) is 5.25. The van der Waals surface area contributed by atoms with E-state index in [1.807, 2.05) is 33.9 Å². The Morgan fingerprint density at radius 1 is 1.41 bits per heavy atom. The second-order valence-electron chi connectivity index (χ2n) is 4.52. The summed E-state index contributed by atoms with van der Waals surface area (Å²) in [6, 6.07) is 0. The summed E-state index contributed by atoms with van der Waals surface area (Å²) in [5.74, 6) is 0.223. The van der Waals surface area contributed by atoms with E-state index >= 15 is 0 Å². The minimum absolute atomic E-state index is 0.109. The minimum Gasteiger partial charge on any atom is -0.505 e. The van der Waals surface area contributed by atoms with Crippen LogP contribution in [0.25, 0.3) is 0 Å². The molecule has 1 rings (SSSR count). The number of aromatic nitrogens is 1.